The molecule has 166 valence electrons. The Hall–Kier alpha value is -2.87. The van der Waals surface area contributed by atoms with Crippen molar-refractivity contribution in [1.82, 2.24) is 4.90 Å². The van der Waals surface area contributed by atoms with Crippen LogP contribution in [0.25, 0.3) is 0 Å². The van der Waals surface area contributed by atoms with E-state index in [-0.39, 0.29) is 43.2 Å². The SMILES string of the molecule is CC(=O)c1ccc(OCC2CN(C(=O)c3cccc(C(F)(F)F)c3C)CCO2)cc1C. The monoisotopic (exact) mass is 435 g/mol. The van der Waals surface area contributed by atoms with Crippen molar-refractivity contribution in [1.29, 1.82) is 0 Å². The standard InChI is InChI=1S/C23H24F3NO4/c1-14-11-17(7-8-19(14)16(3)28)31-13-18-12-27(9-10-30-18)22(29)20-5-4-6-21(15(20)2)23(24,25)26/h4-8,11,18H,9-10,12-13H2,1-3H3. The van der Waals surface area contributed by atoms with E-state index in [9.17, 15) is 22.8 Å². The number of alkyl halides is 3. The van der Waals surface area contributed by atoms with Gasteiger partial charge in [-0.3, -0.25) is 9.59 Å². The molecule has 2 aromatic carbocycles. The molecule has 1 aliphatic heterocycles. The van der Waals surface area contributed by atoms with Crippen LogP contribution >= 0.6 is 0 Å². The molecular weight excluding hydrogens is 411 g/mol. The second-order valence-corrected chi connectivity index (χ2v) is 7.56. The minimum absolute atomic E-state index is 0.0290. The second kappa shape index (κ2) is 9.09. The van der Waals surface area contributed by atoms with E-state index in [2.05, 4.69) is 0 Å². The first kappa shape index (κ1) is 22.8. The lowest BCUT2D eigenvalue weighted by Crippen LogP contribution is -2.47. The lowest BCUT2D eigenvalue weighted by molar-refractivity contribution is -0.138. The first-order valence-corrected chi connectivity index (χ1v) is 9.90. The number of ether oxygens (including phenoxy) is 2. The number of morpholine rings is 1. The molecule has 0 aliphatic carbocycles. The van der Waals surface area contributed by atoms with Gasteiger partial charge in [-0.15, -0.1) is 0 Å². The quantitative estimate of drug-likeness (QED) is 0.652. The lowest BCUT2D eigenvalue weighted by atomic mass is 10.0. The maximum Gasteiger partial charge on any atom is 0.416 e. The first-order valence-electron chi connectivity index (χ1n) is 9.90. The summed E-state index contributed by atoms with van der Waals surface area (Å²) in [5.74, 6) is 0.0838. The number of hydrogen-bond donors (Lipinski definition) is 0. The Kier molecular flexibility index (Phi) is 6.69. The summed E-state index contributed by atoms with van der Waals surface area (Å²) in [6.07, 6.45) is -4.94. The van der Waals surface area contributed by atoms with Crippen LogP contribution < -0.4 is 4.74 Å². The Labute approximate surface area is 178 Å². The van der Waals surface area contributed by atoms with E-state index in [4.69, 9.17) is 9.47 Å². The molecule has 0 radical (unpaired) electrons. The molecule has 2 aromatic rings. The van der Waals surface area contributed by atoms with Gasteiger partial charge in [0, 0.05) is 17.7 Å². The third kappa shape index (κ3) is 5.25. The Morgan fingerprint density at radius 1 is 1.16 bits per heavy atom. The van der Waals surface area contributed by atoms with Gasteiger partial charge in [-0.1, -0.05) is 6.07 Å². The maximum atomic E-state index is 13.2. The number of nitrogens with zero attached hydrogens (tertiary/aromatic N) is 1. The summed E-state index contributed by atoms with van der Waals surface area (Å²) in [5.41, 5.74) is 0.559. The van der Waals surface area contributed by atoms with Crippen LogP contribution in [-0.2, 0) is 10.9 Å². The van der Waals surface area contributed by atoms with E-state index in [1.807, 2.05) is 6.92 Å². The van der Waals surface area contributed by atoms with Crippen molar-refractivity contribution in [2.45, 2.75) is 33.1 Å². The van der Waals surface area contributed by atoms with Crippen LogP contribution in [-0.4, -0.2) is 49.0 Å². The summed E-state index contributed by atoms with van der Waals surface area (Å²) in [6.45, 7) is 5.56. The van der Waals surface area contributed by atoms with Crippen molar-refractivity contribution in [3.63, 3.8) is 0 Å². The van der Waals surface area contributed by atoms with Crippen LogP contribution in [0.1, 0.15) is 44.3 Å². The molecule has 0 saturated carbocycles. The molecule has 1 amide bonds. The zero-order chi connectivity index (χ0) is 22.8. The van der Waals surface area contributed by atoms with Crippen molar-refractivity contribution in [2.24, 2.45) is 0 Å². The van der Waals surface area contributed by atoms with Gasteiger partial charge in [0.15, 0.2) is 5.78 Å². The molecule has 1 heterocycles. The summed E-state index contributed by atoms with van der Waals surface area (Å²) in [5, 5.41) is 0. The first-order chi connectivity index (χ1) is 14.6. The van der Waals surface area contributed by atoms with Gasteiger partial charge in [0.05, 0.1) is 18.7 Å². The minimum atomic E-state index is -4.52. The Morgan fingerprint density at radius 2 is 1.90 bits per heavy atom. The van der Waals surface area contributed by atoms with Gasteiger partial charge >= 0.3 is 6.18 Å². The average molecular weight is 435 g/mol. The number of aryl methyl sites for hydroxylation is 1. The normalized spacial score (nSPS) is 16.8. The number of carbonyl (C=O) groups excluding carboxylic acids is 2. The number of Topliss-reactive ketones (excluding diaryl/α,β-unsaturated/α-hetero) is 1. The van der Waals surface area contributed by atoms with Gasteiger partial charge in [-0.2, -0.15) is 13.2 Å². The van der Waals surface area contributed by atoms with Gasteiger partial charge in [-0.05, 0) is 62.2 Å². The average Bonchev–Trinajstić information content (AvgIpc) is 2.71. The van der Waals surface area contributed by atoms with E-state index in [1.54, 1.807) is 18.2 Å². The molecule has 1 fully saturated rings. The smallest absolute Gasteiger partial charge is 0.416 e. The highest BCUT2D eigenvalue weighted by Gasteiger charge is 2.35. The van der Waals surface area contributed by atoms with Gasteiger partial charge in [-0.25, -0.2) is 0 Å². The molecule has 1 aliphatic rings. The molecule has 8 heteroatoms. The number of halogens is 3. The number of hydrogen-bond acceptors (Lipinski definition) is 4. The van der Waals surface area contributed by atoms with Crippen LogP contribution in [0.5, 0.6) is 5.75 Å². The van der Waals surface area contributed by atoms with Gasteiger partial charge < -0.3 is 14.4 Å². The molecule has 0 aromatic heterocycles. The van der Waals surface area contributed by atoms with E-state index in [1.165, 1.54) is 30.9 Å². The molecule has 0 bridgehead atoms. The fraction of sp³-hybridized carbons (Fsp3) is 0.391. The highest BCUT2D eigenvalue weighted by molar-refractivity contribution is 5.96. The molecule has 1 unspecified atom stereocenters. The summed E-state index contributed by atoms with van der Waals surface area (Å²) in [4.78, 5) is 25.9. The van der Waals surface area contributed by atoms with Crippen molar-refractivity contribution in [2.75, 3.05) is 26.3 Å². The Balaban J connectivity index is 1.66. The zero-order valence-electron chi connectivity index (χ0n) is 17.6. The van der Waals surface area contributed by atoms with Gasteiger partial charge in [0.25, 0.3) is 5.91 Å². The molecule has 0 N–H and O–H groups in total. The lowest BCUT2D eigenvalue weighted by Gasteiger charge is -2.33. The number of benzene rings is 2. The van der Waals surface area contributed by atoms with Crippen LogP contribution in [0.15, 0.2) is 36.4 Å². The second-order valence-electron chi connectivity index (χ2n) is 7.56. The van der Waals surface area contributed by atoms with Gasteiger partial charge in [0.2, 0.25) is 0 Å². The number of rotatable bonds is 5. The number of carbonyl (C=O) groups is 2. The molecule has 5 nitrogen and oxygen atoms in total. The predicted molar refractivity (Wildman–Crippen MR) is 109 cm³/mol. The number of amides is 1. The fourth-order valence-electron chi connectivity index (χ4n) is 3.66. The maximum absolute atomic E-state index is 13.2. The van der Waals surface area contributed by atoms with E-state index in [0.29, 0.717) is 11.3 Å². The summed E-state index contributed by atoms with van der Waals surface area (Å²) in [7, 11) is 0. The molecule has 31 heavy (non-hydrogen) atoms. The van der Waals surface area contributed by atoms with E-state index in [0.717, 1.165) is 11.6 Å². The fourth-order valence-corrected chi connectivity index (χ4v) is 3.66. The predicted octanol–water partition coefficient (Wildman–Crippen LogP) is 4.44. The third-order valence-corrected chi connectivity index (χ3v) is 5.31. The number of ketones is 1. The topological polar surface area (TPSA) is 55.8 Å². The van der Waals surface area contributed by atoms with Crippen molar-refractivity contribution in [3.05, 3.63) is 64.2 Å². The highest BCUT2D eigenvalue weighted by Crippen LogP contribution is 2.33. The zero-order valence-corrected chi connectivity index (χ0v) is 17.6. The van der Waals surface area contributed by atoms with Gasteiger partial charge in [0.1, 0.15) is 18.5 Å². The van der Waals surface area contributed by atoms with E-state index >= 15 is 0 Å². The molecule has 3 rings (SSSR count). The van der Waals surface area contributed by atoms with Crippen LogP contribution in [0, 0.1) is 13.8 Å². The molecule has 1 atom stereocenters. The molecular formula is C23H24F3NO4. The van der Waals surface area contributed by atoms with Crippen molar-refractivity contribution in [3.8, 4) is 5.75 Å². The van der Waals surface area contributed by atoms with Crippen LogP contribution in [0.3, 0.4) is 0 Å². The Morgan fingerprint density at radius 3 is 2.55 bits per heavy atom. The molecule has 0 spiro atoms. The Bertz CT molecular complexity index is 987. The summed E-state index contributed by atoms with van der Waals surface area (Å²) < 4.78 is 50.9. The van der Waals surface area contributed by atoms with Crippen molar-refractivity contribution < 1.29 is 32.2 Å². The van der Waals surface area contributed by atoms with Crippen LogP contribution in [0.4, 0.5) is 13.2 Å². The summed E-state index contributed by atoms with van der Waals surface area (Å²) >= 11 is 0. The minimum Gasteiger partial charge on any atom is -0.491 e. The third-order valence-electron chi connectivity index (χ3n) is 5.31. The summed E-state index contributed by atoms with van der Waals surface area (Å²) in [6, 6.07) is 8.78. The molecule has 1 saturated heterocycles. The van der Waals surface area contributed by atoms with Crippen LogP contribution in [0.2, 0.25) is 0 Å². The largest absolute Gasteiger partial charge is 0.491 e. The highest BCUT2D eigenvalue weighted by atomic mass is 19.4. The van der Waals surface area contributed by atoms with Crippen molar-refractivity contribution >= 4 is 11.7 Å². The van der Waals surface area contributed by atoms with E-state index < -0.39 is 23.8 Å².